The third-order valence-electron chi connectivity index (χ3n) is 3.71. The highest BCUT2D eigenvalue weighted by molar-refractivity contribution is 5.81. The van der Waals surface area contributed by atoms with Gasteiger partial charge in [0.05, 0.1) is 37.8 Å². The van der Waals surface area contributed by atoms with Crippen molar-refractivity contribution in [3.63, 3.8) is 0 Å². The van der Waals surface area contributed by atoms with Crippen LogP contribution in [0.25, 0.3) is 0 Å². The van der Waals surface area contributed by atoms with Crippen LogP contribution in [0, 0.1) is 5.92 Å². The van der Waals surface area contributed by atoms with Crippen LogP contribution in [0.15, 0.2) is 0 Å². The fraction of sp³-hybridized carbons (Fsp3) is 0.909. The summed E-state index contributed by atoms with van der Waals surface area (Å²) in [4.78, 5) is 13.8. The third-order valence-corrected chi connectivity index (χ3v) is 3.71. The molecule has 0 saturated carbocycles. The summed E-state index contributed by atoms with van der Waals surface area (Å²) in [5.74, 6) is 0.0152. The minimum atomic E-state index is -0.649. The van der Waals surface area contributed by atoms with Gasteiger partial charge in [-0.15, -0.1) is 0 Å². The Balaban J connectivity index is 1.90. The normalized spacial score (nSPS) is 32.6. The van der Waals surface area contributed by atoms with Crippen LogP contribution in [0.4, 0.5) is 0 Å². The molecule has 2 rings (SSSR count). The number of likely N-dealkylation sites (N-methyl/N-ethyl adjacent to an activating group) is 1. The number of nitrogens with one attached hydrogen (secondary N) is 1. The summed E-state index contributed by atoms with van der Waals surface area (Å²) >= 11 is 0. The first kappa shape index (κ1) is 11.8. The van der Waals surface area contributed by atoms with E-state index in [1.807, 2.05) is 14.0 Å². The van der Waals surface area contributed by atoms with Gasteiger partial charge in [-0.25, -0.2) is 0 Å². The topological polar surface area (TPSA) is 61.8 Å². The summed E-state index contributed by atoms with van der Waals surface area (Å²) in [5.41, 5.74) is -0.649. The molecule has 5 heteroatoms. The maximum atomic E-state index is 12.1. The van der Waals surface area contributed by atoms with Gasteiger partial charge in [-0.2, -0.15) is 0 Å². The number of rotatable bonds is 3. The molecule has 0 aromatic carbocycles. The van der Waals surface area contributed by atoms with Gasteiger partial charge in [0.2, 0.25) is 5.91 Å². The van der Waals surface area contributed by atoms with Crippen molar-refractivity contribution < 1.29 is 14.6 Å². The van der Waals surface area contributed by atoms with Crippen molar-refractivity contribution in [3.05, 3.63) is 0 Å². The van der Waals surface area contributed by atoms with E-state index < -0.39 is 5.60 Å². The Hall–Kier alpha value is -0.650. The zero-order chi connectivity index (χ0) is 11.8. The monoisotopic (exact) mass is 228 g/mol. The highest BCUT2D eigenvalue weighted by atomic mass is 16.5. The number of ether oxygens (including phenoxy) is 1. The molecule has 2 saturated heterocycles. The van der Waals surface area contributed by atoms with Crippen LogP contribution >= 0.6 is 0 Å². The van der Waals surface area contributed by atoms with Crippen LogP contribution in [-0.2, 0) is 9.53 Å². The lowest BCUT2D eigenvalue weighted by atomic mass is 9.89. The van der Waals surface area contributed by atoms with Crippen LogP contribution in [0.1, 0.15) is 13.3 Å². The van der Waals surface area contributed by atoms with E-state index in [2.05, 4.69) is 5.32 Å². The average Bonchev–Trinajstić information content (AvgIpc) is 2.71. The lowest BCUT2D eigenvalue weighted by molar-refractivity contribution is -0.160. The second kappa shape index (κ2) is 4.31. The predicted octanol–water partition coefficient (Wildman–Crippen LogP) is -0.796. The molecular weight excluding hydrogens is 208 g/mol. The standard InChI is InChI=1S/C11H20N2O3/c1-3-11(15)6-13(7-11)10(14)8-4-16-5-9(8)12-2/h8-9,12,15H,3-7H2,1-2H3. The number of hydrogen-bond donors (Lipinski definition) is 2. The van der Waals surface area contributed by atoms with Crippen molar-refractivity contribution in [2.75, 3.05) is 33.4 Å². The summed E-state index contributed by atoms with van der Waals surface area (Å²) in [6.07, 6.45) is 0.702. The predicted molar refractivity (Wildman–Crippen MR) is 59.0 cm³/mol. The number of aliphatic hydroxyl groups is 1. The molecule has 2 atom stereocenters. The largest absolute Gasteiger partial charge is 0.386 e. The summed E-state index contributed by atoms with van der Waals surface area (Å²) in [6.45, 7) is 3.96. The molecule has 0 aromatic rings. The van der Waals surface area contributed by atoms with E-state index in [1.165, 1.54) is 0 Å². The molecule has 2 aliphatic rings. The van der Waals surface area contributed by atoms with Crippen LogP contribution in [0.2, 0.25) is 0 Å². The summed E-state index contributed by atoms with van der Waals surface area (Å²) < 4.78 is 5.31. The summed E-state index contributed by atoms with van der Waals surface area (Å²) in [6, 6.07) is 0.114. The molecule has 5 nitrogen and oxygen atoms in total. The molecule has 0 bridgehead atoms. The van der Waals surface area contributed by atoms with E-state index in [4.69, 9.17) is 4.74 Å². The van der Waals surface area contributed by atoms with E-state index in [1.54, 1.807) is 4.90 Å². The highest BCUT2D eigenvalue weighted by Gasteiger charge is 2.46. The molecular formula is C11H20N2O3. The zero-order valence-electron chi connectivity index (χ0n) is 9.90. The van der Waals surface area contributed by atoms with E-state index in [0.717, 1.165) is 0 Å². The quantitative estimate of drug-likeness (QED) is 0.664. The molecule has 2 N–H and O–H groups in total. The smallest absolute Gasteiger partial charge is 0.229 e. The van der Waals surface area contributed by atoms with Crippen LogP contribution in [0.3, 0.4) is 0 Å². The number of β-amino-alcohol motifs (C(OH)–C–C–N with tert-alkyl or cyclic N) is 1. The first-order valence-corrected chi connectivity index (χ1v) is 5.86. The molecule has 16 heavy (non-hydrogen) atoms. The van der Waals surface area contributed by atoms with Crippen LogP contribution in [-0.4, -0.2) is 60.9 Å². The van der Waals surface area contributed by atoms with Crippen LogP contribution in [0.5, 0.6) is 0 Å². The Morgan fingerprint density at radius 3 is 2.81 bits per heavy atom. The number of carbonyl (C=O) groups is 1. The van der Waals surface area contributed by atoms with Gasteiger partial charge in [-0.3, -0.25) is 4.79 Å². The number of likely N-dealkylation sites (tertiary alicyclic amines) is 1. The summed E-state index contributed by atoms with van der Waals surface area (Å²) in [7, 11) is 1.85. The van der Waals surface area contributed by atoms with Gasteiger partial charge in [0, 0.05) is 6.04 Å². The van der Waals surface area contributed by atoms with Gasteiger partial charge in [0.25, 0.3) is 0 Å². The SMILES string of the molecule is CCC1(O)CN(C(=O)C2COCC2NC)C1. The van der Waals surface area contributed by atoms with E-state index in [-0.39, 0.29) is 17.9 Å². The maximum absolute atomic E-state index is 12.1. The number of carbonyl (C=O) groups excluding carboxylic acids is 1. The molecule has 92 valence electrons. The van der Waals surface area contributed by atoms with E-state index in [9.17, 15) is 9.90 Å². The number of amides is 1. The van der Waals surface area contributed by atoms with E-state index >= 15 is 0 Å². The molecule has 2 unspecified atom stereocenters. The fourth-order valence-corrected chi connectivity index (χ4v) is 2.36. The fourth-order valence-electron chi connectivity index (χ4n) is 2.36. The lowest BCUT2D eigenvalue weighted by Crippen LogP contribution is -2.65. The Morgan fingerprint density at radius 2 is 2.25 bits per heavy atom. The molecule has 1 amide bonds. The van der Waals surface area contributed by atoms with E-state index in [0.29, 0.717) is 32.7 Å². The molecule has 0 aliphatic carbocycles. The van der Waals surface area contributed by atoms with Crippen LogP contribution < -0.4 is 5.32 Å². The average molecular weight is 228 g/mol. The van der Waals surface area contributed by atoms with Crippen molar-refractivity contribution in [1.82, 2.24) is 10.2 Å². The van der Waals surface area contributed by atoms with Gasteiger partial charge >= 0.3 is 0 Å². The Bertz CT molecular complexity index is 276. The van der Waals surface area contributed by atoms with Gasteiger partial charge in [-0.05, 0) is 13.5 Å². The van der Waals surface area contributed by atoms with Gasteiger partial charge in [0.1, 0.15) is 0 Å². The molecule has 2 fully saturated rings. The lowest BCUT2D eigenvalue weighted by Gasteiger charge is -2.47. The maximum Gasteiger partial charge on any atom is 0.229 e. The van der Waals surface area contributed by atoms with Gasteiger partial charge < -0.3 is 20.1 Å². The molecule has 2 aliphatic heterocycles. The second-order valence-corrected chi connectivity index (χ2v) is 4.81. The first-order chi connectivity index (χ1) is 7.59. The Kier molecular flexibility index (Phi) is 3.19. The zero-order valence-corrected chi connectivity index (χ0v) is 9.90. The van der Waals surface area contributed by atoms with Crippen molar-refractivity contribution in [2.45, 2.75) is 25.0 Å². The van der Waals surface area contributed by atoms with Gasteiger partial charge in [0.15, 0.2) is 0 Å². The molecule has 0 aromatic heterocycles. The van der Waals surface area contributed by atoms with Gasteiger partial charge in [-0.1, -0.05) is 6.92 Å². The highest BCUT2D eigenvalue weighted by Crippen LogP contribution is 2.27. The minimum absolute atomic E-state index is 0.0913. The van der Waals surface area contributed by atoms with Crippen molar-refractivity contribution in [2.24, 2.45) is 5.92 Å². The third kappa shape index (κ3) is 1.95. The first-order valence-electron chi connectivity index (χ1n) is 5.86. The minimum Gasteiger partial charge on any atom is -0.386 e. The summed E-state index contributed by atoms with van der Waals surface area (Å²) in [5, 5.41) is 13.0. The molecule has 0 radical (unpaired) electrons. The molecule has 2 heterocycles. The Labute approximate surface area is 95.8 Å². The second-order valence-electron chi connectivity index (χ2n) is 4.81. The van der Waals surface area contributed by atoms with Crippen molar-refractivity contribution >= 4 is 5.91 Å². The Morgan fingerprint density at radius 1 is 1.56 bits per heavy atom. The van der Waals surface area contributed by atoms with Crippen molar-refractivity contribution in [1.29, 1.82) is 0 Å². The number of nitrogens with zero attached hydrogens (tertiary/aromatic N) is 1. The molecule has 0 spiro atoms. The number of hydrogen-bond acceptors (Lipinski definition) is 4. The van der Waals surface area contributed by atoms with Crippen molar-refractivity contribution in [3.8, 4) is 0 Å².